The Labute approximate surface area is 69.7 Å². The molecule has 2 N–H and O–H groups in total. The van der Waals surface area contributed by atoms with E-state index in [0.29, 0.717) is 0 Å². The van der Waals surface area contributed by atoms with Crippen molar-refractivity contribution in [1.82, 2.24) is 0 Å². The molecule has 0 aromatic carbocycles. The summed E-state index contributed by atoms with van der Waals surface area (Å²) in [5.41, 5.74) is 0. The maximum Gasteiger partial charge on any atom is 0.252 e. The summed E-state index contributed by atoms with van der Waals surface area (Å²) < 4.78 is 0. The smallest absolute Gasteiger partial charge is 0.252 e. The molecule has 0 aliphatic carbocycles. The first kappa shape index (κ1) is 13.0. The highest BCUT2D eigenvalue weighted by atomic mass is 35.5. The molecule has 4 nitrogen and oxygen atoms in total. The highest BCUT2D eigenvalue weighted by Gasteiger charge is 2.07. The van der Waals surface area contributed by atoms with E-state index in [4.69, 9.17) is 10.2 Å². The molecule has 0 heterocycles. The van der Waals surface area contributed by atoms with E-state index in [-0.39, 0.29) is 5.76 Å². The van der Waals surface area contributed by atoms with Gasteiger partial charge in [0.15, 0.2) is 6.10 Å². The zero-order valence-corrected chi connectivity index (χ0v) is 6.84. The van der Waals surface area contributed by atoms with Crippen LogP contribution in [0.1, 0.15) is 6.92 Å². The van der Waals surface area contributed by atoms with Gasteiger partial charge in [-0.05, 0) is 11.6 Å². The van der Waals surface area contributed by atoms with Crippen molar-refractivity contribution in [3.8, 4) is 0 Å². The lowest BCUT2D eigenvalue weighted by molar-refractivity contribution is -0.300. The molecule has 0 saturated carbocycles. The lowest BCUT2D eigenvalue weighted by Gasteiger charge is -1.94. The van der Waals surface area contributed by atoms with Gasteiger partial charge in [-0.15, -0.1) is 12.3 Å². The van der Waals surface area contributed by atoms with Gasteiger partial charge in [-0.2, -0.15) is 0 Å². The van der Waals surface area contributed by atoms with Crippen molar-refractivity contribution in [3.63, 3.8) is 0 Å². The highest BCUT2D eigenvalue weighted by molar-refractivity contribution is 6.64. The molecule has 66 valence electrons. The topological polar surface area (TPSA) is 80.6 Å². The maximum atomic E-state index is 9.73. The van der Waals surface area contributed by atoms with Crippen molar-refractivity contribution < 1.29 is 20.1 Å². The van der Waals surface area contributed by atoms with Crippen LogP contribution in [0, 0.1) is 0 Å². The molecule has 11 heavy (non-hydrogen) atoms. The summed E-state index contributed by atoms with van der Waals surface area (Å²) in [6, 6.07) is 0. The summed E-state index contributed by atoms with van der Waals surface area (Å²) in [5.74, 6) is -0.0833. The van der Waals surface area contributed by atoms with E-state index in [0.717, 1.165) is 0 Å². The van der Waals surface area contributed by atoms with Gasteiger partial charge in [0.1, 0.15) is 0 Å². The van der Waals surface area contributed by atoms with E-state index in [2.05, 4.69) is 18.2 Å². The van der Waals surface area contributed by atoms with Crippen molar-refractivity contribution in [1.29, 1.82) is 0 Å². The van der Waals surface area contributed by atoms with Crippen molar-refractivity contribution in [2.75, 3.05) is 6.61 Å². The molecule has 0 aromatic heterocycles. The number of hydrogen-bond acceptors (Lipinski definition) is 4. The molecule has 0 aliphatic heterocycles. The van der Waals surface area contributed by atoms with Crippen LogP contribution in [0.5, 0.6) is 0 Å². The van der Waals surface area contributed by atoms with Crippen LogP contribution in [0.25, 0.3) is 0 Å². The Balaban J connectivity index is 0. The van der Waals surface area contributed by atoms with E-state index in [9.17, 15) is 9.90 Å². The number of carbonyl (C=O) groups excluding carboxylic acids is 1. The van der Waals surface area contributed by atoms with Crippen LogP contribution in [0.3, 0.4) is 0 Å². The van der Waals surface area contributed by atoms with Gasteiger partial charge in [-0.3, -0.25) is 4.79 Å². The van der Waals surface area contributed by atoms with E-state index in [1.165, 1.54) is 6.92 Å². The zero-order chi connectivity index (χ0) is 9.44. The monoisotopic (exact) mass is 181 g/mol. The fraction of sp³-hybridized carbons (Fsp3) is 0.500. The van der Waals surface area contributed by atoms with Crippen LogP contribution in [0.15, 0.2) is 12.3 Å². The van der Waals surface area contributed by atoms with Crippen molar-refractivity contribution in [3.05, 3.63) is 12.3 Å². The molecular formula is C6H10ClO4-. The minimum atomic E-state index is -1.42. The van der Waals surface area contributed by atoms with Gasteiger partial charge in [-0.25, -0.2) is 0 Å². The van der Waals surface area contributed by atoms with Gasteiger partial charge >= 0.3 is 0 Å². The molecule has 1 atom stereocenters. The molecule has 0 amide bonds. The quantitative estimate of drug-likeness (QED) is 0.422. The molecule has 0 saturated heterocycles. The van der Waals surface area contributed by atoms with E-state index in [1.54, 1.807) is 0 Å². The minimum absolute atomic E-state index is 0.0833. The van der Waals surface area contributed by atoms with Gasteiger partial charge in [0.2, 0.25) is 0 Å². The second kappa shape index (κ2) is 7.53. The summed E-state index contributed by atoms with van der Waals surface area (Å²) in [5, 5.41) is 24.6. The van der Waals surface area contributed by atoms with E-state index >= 15 is 0 Å². The summed E-state index contributed by atoms with van der Waals surface area (Å²) in [6.07, 6.45) is -1.42. The first-order valence-corrected chi connectivity index (χ1v) is 3.10. The van der Waals surface area contributed by atoms with Gasteiger partial charge in [0.05, 0.1) is 6.61 Å². The molecule has 5 heteroatoms. The lowest BCUT2D eigenvalue weighted by Crippen LogP contribution is -2.18. The first-order valence-electron chi connectivity index (χ1n) is 2.72. The Morgan fingerprint density at radius 3 is 2.09 bits per heavy atom. The number of carbonyl (C=O) groups is 1. The number of halogens is 1. The second-order valence-electron chi connectivity index (χ2n) is 1.70. The molecule has 0 bridgehead atoms. The third-order valence-electron chi connectivity index (χ3n) is 0.435. The van der Waals surface area contributed by atoms with Crippen LogP contribution in [0.2, 0.25) is 0 Å². The van der Waals surface area contributed by atoms with Crippen LogP contribution in [-0.4, -0.2) is 28.2 Å². The Morgan fingerprint density at radius 1 is 1.82 bits per heavy atom. The second-order valence-corrected chi connectivity index (χ2v) is 2.08. The Kier molecular flexibility index (Phi) is 8.92. The van der Waals surface area contributed by atoms with Gasteiger partial charge in [-0.1, -0.05) is 6.92 Å². The average molecular weight is 182 g/mol. The standard InChI is InChI=1S/C3H5ClO3.C3H6O/c4-3(7)2(6)1-5;1-3(2)4/h2,5-6H,1H2;4H,1H2,2H3/p-1. The van der Waals surface area contributed by atoms with Crippen molar-refractivity contribution >= 4 is 16.8 Å². The SMILES string of the molecule is C=C(C)[O-].O=C(Cl)C(O)CO. The molecule has 0 rings (SSSR count). The minimum Gasteiger partial charge on any atom is -0.876 e. The third kappa shape index (κ3) is 17.7. The molecule has 0 aromatic rings. The molecule has 0 spiro atoms. The largest absolute Gasteiger partial charge is 0.876 e. The highest BCUT2D eigenvalue weighted by Crippen LogP contribution is 1.86. The van der Waals surface area contributed by atoms with Crippen LogP contribution < -0.4 is 5.11 Å². The van der Waals surface area contributed by atoms with E-state index < -0.39 is 18.0 Å². The van der Waals surface area contributed by atoms with Crippen molar-refractivity contribution in [2.45, 2.75) is 13.0 Å². The predicted molar refractivity (Wildman–Crippen MR) is 38.8 cm³/mol. The summed E-state index contributed by atoms with van der Waals surface area (Å²) in [6.45, 7) is 3.81. The normalized spacial score (nSPS) is 10.9. The summed E-state index contributed by atoms with van der Waals surface area (Å²) >= 11 is 4.68. The summed E-state index contributed by atoms with van der Waals surface area (Å²) in [7, 11) is 0. The molecule has 0 fully saturated rings. The number of rotatable bonds is 2. The fourth-order valence-corrected chi connectivity index (χ4v) is 0.141. The molecule has 0 aliphatic rings. The molecule has 0 radical (unpaired) electrons. The molecular weight excluding hydrogens is 172 g/mol. The lowest BCUT2D eigenvalue weighted by atomic mass is 10.4. The van der Waals surface area contributed by atoms with Crippen LogP contribution >= 0.6 is 11.6 Å². The van der Waals surface area contributed by atoms with Gasteiger partial charge < -0.3 is 15.3 Å². The predicted octanol–water partition coefficient (Wildman–Crippen LogP) is -1.01. The Bertz CT molecular complexity index is 131. The van der Waals surface area contributed by atoms with Crippen LogP contribution in [-0.2, 0) is 4.79 Å². The van der Waals surface area contributed by atoms with Crippen LogP contribution in [0.4, 0.5) is 0 Å². The Morgan fingerprint density at radius 2 is 2.09 bits per heavy atom. The summed E-state index contributed by atoms with van der Waals surface area (Å²) in [4.78, 5) is 9.73. The van der Waals surface area contributed by atoms with E-state index in [1.807, 2.05) is 0 Å². The Hall–Kier alpha value is -0.580. The zero-order valence-electron chi connectivity index (χ0n) is 6.08. The number of hydrogen-bond donors (Lipinski definition) is 2. The number of aliphatic hydroxyl groups excluding tert-OH is 2. The number of aliphatic hydroxyl groups is 2. The third-order valence-corrected chi connectivity index (χ3v) is 0.687. The average Bonchev–Trinajstić information content (AvgIpc) is 1.85. The fourth-order valence-electron chi connectivity index (χ4n) is 0.0718. The number of allylic oxidation sites excluding steroid dienone is 1. The van der Waals surface area contributed by atoms with Crippen molar-refractivity contribution in [2.24, 2.45) is 0 Å². The molecule has 1 unspecified atom stereocenters. The van der Waals surface area contributed by atoms with Gasteiger partial charge in [0, 0.05) is 0 Å². The van der Waals surface area contributed by atoms with Gasteiger partial charge in [0.25, 0.3) is 5.24 Å². The maximum absolute atomic E-state index is 9.73. The first-order chi connectivity index (χ1) is 4.91.